The lowest BCUT2D eigenvalue weighted by molar-refractivity contribution is -0.113. The molecule has 1 aromatic heterocycles. The summed E-state index contributed by atoms with van der Waals surface area (Å²) in [7, 11) is 0. The van der Waals surface area contributed by atoms with Gasteiger partial charge in [0.05, 0.1) is 11.8 Å². The van der Waals surface area contributed by atoms with E-state index in [0.29, 0.717) is 23.1 Å². The van der Waals surface area contributed by atoms with Crippen LogP contribution in [0.25, 0.3) is 0 Å². The van der Waals surface area contributed by atoms with Crippen LogP contribution in [0.1, 0.15) is 59.7 Å². The van der Waals surface area contributed by atoms with Gasteiger partial charge in [-0.15, -0.1) is 10.2 Å². The molecular formula is C26H32BrN5O2S. The van der Waals surface area contributed by atoms with Gasteiger partial charge in [0.2, 0.25) is 5.91 Å². The Kier molecular flexibility index (Phi) is 9.13. The maximum Gasteiger partial charge on any atom is 0.251 e. The second-order valence-electron chi connectivity index (χ2n) is 8.83. The number of aromatic nitrogens is 3. The lowest BCUT2D eigenvalue weighted by Gasteiger charge is -2.22. The van der Waals surface area contributed by atoms with Gasteiger partial charge < -0.3 is 15.2 Å². The number of aryl methyl sites for hydroxylation is 1. The van der Waals surface area contributed by atoms with Gasteiger partial charge >= 0.3 is 0 Å². The summed E-state index contributed by atoms with van der Waals surface area (Å²) < 4.78 is 2.98. The Balaban J connectivity index is 1.72. The Morgan fingerprint density at radius 3 is 2.34 bits per heavy atom. The molecule has 0 saturated carbocycles. The van der Waals surface area contributed by atoms with Gasteiger partial charge in [0.25, 0.3) is 5.91 Å². The molecule has 0 spiro atoms. The monoisotopic (exact) mass is 557 g/mol. The minimum atomic E-state index is -0.312. The molecule has 186 valence electrons. The number of benzene rings is 2. The quantitative estimate of drug-likeness (QED) is 0.322. The second kappa shape index (κ2) is 11.9. The Bertz CT molecular complexity index is 1210. The molecule has 3 rings (SSSR count). The van der Waals surface area contributed by atoms with E-state index in [1.807, 2.05) is 82.5 Å². The van der Waals surface area contributed by atoms with Gasteiger partial charge in [-0.2, -0.15) is 0 Å². The van der Waals surface area contributed by atoms with Crippen LogP contribution < -0.4 is 10.6 Å². The molecule has 0 aliphatic heterocycles. The molecule has 0 aliphatic rings. The van der Waals surface area contributed by atoms with E-state index in [-0.39, 0.29) is 29.5 Å². The Labute approximate surface area is 219 Å². The maximum atomic E-state index is 12.9. The predicted octanol–water partition coefficient (Wildman–Crippen LogP) is 5.84. The zero-order valence-electron chi connectivity index (χ0n) is 21.0. The van der Waals surface area contributed by atoms with Gasteiger partial charge in [-0.05, 0) is 69.0 Å². The summed E-state index contributed by atoms with van der Waals surface area (Å²) in [5.74, 6) is 0.728. The van der Waals surface area contributed by atoms with Crippen molar-refractivity contribution in [2.24, 2.45) is 5.92 Å². The number of hydrogen-bond donors (Lipinski definition) is 2. The molecule has 2 aromatic carbocycles. The van der Waals surface area contributed by atoms with E-state index in [9.17, 15) is 9.59 Å². The average molecular weight is 559 g/mol. The number of carbonyl (C=O) groups is 2. The molecule has 3 aromatic rings. The van der Waals surface area contributed by atoms with E-state index in [1.54, 1.807) is 0 Å². The fourth-order valence-electron chi connectivity index (χ4n) is 3.63. The van der Waals surface area contributed by atoms with Gasteiger partial charge in [-0.3, -0.25) is 9.59 Å². The molecule has 2 N–H and O–H groups in total. The Hall–Kier alpha value is -2.65. The number of carbonyl (C=O) groups excluding carboxylic acids is 2. The smallest absolute Gasteiger partial charge is 0.251 e. The summed E-state index contributed by atoms with van der Waals surface area (Å²) in [5.41, 5.74) is 4.63. The standard InChI is InChI=1S/C26H32BrN5O2S/c1-7-32-24(23(15(2)3)29-25(34)19-10-8-16(4)9-11-19)30-31-26(32)35-14-22(33)28-21-13-12-20(27)17(5)18(21)6/h8-13,15,23H,7,14H2,1-6H3,(H,28,33)(H,29,34)/t23-/m0/s1. The molecule has 0 radical (unpaired) electrons. The number of rotatable bonds is 9. The van der Waals surface area contributed by atoms with E-state index < -0.39 is 0 Å². The van der Waals surface area contributed by atoms with Crippen molar-refractivity contribution >= 4 is 45.2 Å². The molecule has 35 heavy (non-hydrogen) atoms. The fraction of sp³-hybridized carbons (Fsp3) is 0.385. The topological polar surface area (TPSA) is 88.9 Å². The minimum absolute atomic E-state index is 0.101. The van der Waals surface area contributed by atoms with E-state index in [0.717, 1.165) is 26.9 Å². The first-order valence-electron chi connectivity index (χ1n) is 11.6. The third-order valence-corrected chi connectivity index (χ3v) is 7.76. The van der Waals surface area contributed by atoms with Crippen LogP contribution in [0.15, 0.2) is 46.0 Å². The summed E-state index contributed by atoms with van der Waals surface area (Å²) in [4.78, 5) is 25.5. The van der Waals surface area contributed by atoms with Crippen molar-refractivity contribution in [2.75, 3.05) is 11.1 Å². The number of hydrogen-bond acceptors (Lipinski definition) is 5. The van der Waals surface area contributed by atoms with Crippen LogP contribution in [0.2, 0.25) is 0 Å². The molecule has 1 heterocycles. The highest BCUT2D eigenvalue weighted by atomic mass is 79.9. The van der Waals surface area contributed by atoms with Crippen molar-refractivity contribution in [3.05, 3.63) is 68.9 Å². The first-order chi connectivity index (χ1) is 16.6. The first-order valence-corrected chi connectivity index (χ1v) is 13.4. The van der Waals surface area contributed by atoms with Crippen molar-refractivity contribution in [3.8, 4) is 0 Å². The highest BCUT2D eigenvalue weighted by Gasteiger charge is 2.26. The van der Waals surface area contributed by atoms with Crippen LogP contribution in [0.5, 0.6) is 0 Å². The van der Waals surface area contributed by atoms with Crippen LogP contribution >= 0.6 is 27.7 Å². The molecule has 0 bridgehead atoms. The largest absolute Gasteiger partial charge is 0.342 e. The third kappa shape index (κ3) is 6.52. The third-order valence-electron chi connectivity index (χ3n) is 5.93. The average Bonchev–Trinajstić information content (AvgIpc) is 3.24. The summed E-state index contributed by atoms with van der Waals surface area (Å²) in [5, 5.41) is 15.5. The second-order valence-corrected chi connectivity index (χ2v) is 10.6. The van der Waals surface area contributed by atoms with E-state index in [4.69, 9.17) is 0 Å². The van der Waals surface area contributed by atoms with Gasteiger partial charge in [0.15, 0.2) is 11.0 Å². The van der Waals surface area contributed by atoms with Crippen LogP contribution in [-0.4, -0.2) is 32.3 Å². The molecule has 0 aliphatic carbocycles. The number of nitrogens with zero attached hydrogens (tertiary/aromatic N) is 3. The van der Waals surface area contributed by atoms with Crippen LogP contribution in [0.4, 0.5) is 5.69 Å². The van der Waals surface area contributed by atoms with Crippen molar-refractivity contribution in [1.82, 2.24) is 20.1 Å². The van der Waals surface area contributed by atoms with Crippen molar-refractivity contribution < 1.29 is 9.59 Å². The van der Waals surface area contributed by atoms with E-state index >= 15 is 0 Å². The molecule has 0 saturated heterocycles. The maximum absolute atomic E-state index is 12.9. The molecule has 9 heteroatoms. The van der Waals surface area contributed by atoms with Crippen LogP contribution in [-0.2, 0) is 11.3 Å². The predicted molar refractivity (Wildman–Crippen MR) is 145 cm³/mol. The van der Waals surface area contributed by atoms with Gasteiger partial charge in [-0.25, -0.2) is 0 Å². The van der Waals surface area contributed by atoms with E-state index in [2.05, 4.69) is 36.8 Å². The Morgan fingerprint density at radius 1 is 1.03 bits per heavy atom. The number of halogens is 1. The SMILES string of the molecule is CCn1c(SCC(=O)Nc2ccc(Br)c(C)c2C)nnc1[C@@H](NC(=O)c1ccc(C)cc1)C(C)C. The lowest BCUT2D eigenvalue weighted by atomic mass is 10.0. The highest BCUT2D eigenvalue weighted by molar-refractivity contribution is 9.10. The van der Waals surface area contributed by atoms with Crippen molar-refractivity contribution in [2.45, 2.75) is 59.3 Å². The van der Waals surface area contributed by atoms with Gasteiger partial charge in [0.1, 0.15) is 0 Å². The van der Waals surface area contributed by atoms with Gasteiger partial charge in [-0.1, -0.05) is 59.2 Å². The zero-order valence-corrected chi connectivity index (χ0v) is 23.4. The molecular weight excluding hydrogens is 526 g/mol. The van der Waals surface area contributed by atoms with Crippen LogP contribution in [0.3, 0.4) is 0 Å². The summed E-state index contributed by atoms with van der Waals surface area (Å²) in [6.07, 6.45) is 0. The zero-order chi connectivity index (χ0) is 25.7. The molecule has 0 unspecified atom stereocenters. The summed E-state index contributed by atoms with van der Waals surface area (Å²) in [6.45, 7) is 12.7. The fourth-order valence-corrected chi connectivity index (χ4v) is 4.87. The summed E-state index contributed by atoms with van der Waals surface area (Å²) >= 11 is 4.85. The van der Waals surface area contributed by atoms with Gasteiger partial charge in [0, 0.05) is 22.3 Å². The molecule has 0 fully saturated rings. The molecule has 7 nitrogen and oxygen atoms in total. The highest BCUT2D eigenvalue weighted by Crippen LogP contribution is 2.28. The van der Waals surface area contributed by atoms with Crippen LogP contribution in [0, 0.1) is 26.7 Å². The Morgan fingerprint density at radius 2 is 1.71 bits per heavy atom. The van der Waals surface area contributed by atoms with Crippen molar-refractivity contribution in [1.29, 1.82) is 0 Å². The number of nitrogens with one attached hydrogen (secondary N) is 2. The van der Waals surface area contributed by atoms with Crippen molar-refractivity contribution in [3.63, 3.8) is 0 Å². The normalized spacial score (nSPS) is 12.0. The summed E-state index contributed by atoms with van der Waals surface area (Å²) in [6, 6.07) is 11.0. The number of amides is 2. The number of thioether (sulfide) groups is 1. The molecule has 2 amide bonds. The molecule has 1 atom stereocenters. The van der Waals surface area contributed by atoms with E-state index in [1.165, 1.54) is 11.8 Å². The number of anilines is 1. The first kappa shape index (κ1) is 26.9. The minimum Gasteiger partial charge on any atom is -0.342 e. The lowest BCUT2D eigenvalue weighted by Crippen LogP contribution is -2.33.